The molecule has 0 aromatic carbocycles. The van der Waals surface area contributed by atoms with Crippen LogP contribution in [0.5, 0.6) is 0 Å². The first kappa shape index (κ1) is 16.1. The highest BCUT2D eigenvalue weighted by Crippen LogP contribution is 2.29. The van der Waals surface area contributed by atoms with Gasteiger partial charge in [-0.25, -0.2) is 0 Å². The molecule has 1 N–H and O–H groups in total. The van der Waals surface area contributed by atoms with Crippen molar-refractivity contribution in [2.75, 3.05) is 13.1 Å². The largest absolute Gasteiger partial charge is 0.352 e. The van der Waals surface area contributed by atoms with E-state index in [0.29, 0.717) is 12.0 Å². The highest BCUT2D eigenvalue weighted by Gasteiger charge is 2.33. The van der Waals surface area contributed by atoms with Crippen LogP contribution in [0, 0.1) is 0 Å². The maximum atomic E-state index is 12.4. The standard InChI is InChI=1S/C18H29N5O/c1-13(18(24)19-15-8-9-15)22-10-5-6-14(12-22)17-21-20-16-7-3-2-4-11-23(16)17/h13-15H,2-12H2,1H3,(H,19,24)/t13-,14-/m0/s1. The number of carbonyl (C=O) groups excluding carboxylic acids is 1. The zero-order valence-electron chi connectivity index (χ0n) is 14.7. The van der Waals surface area contributed by atoms with Gasteiger partial charge in [0.1, 0.15) is 11.6 Å². The first-order valence-corrected chi connectivity index (χ1v) is 9.69. The second kappa shape index (κ2) is 6.82. The van der Waals surface area contributed by atoms with Crippen molar-refractivity contribution in [1.29, 1.82) is 0 Å². The highest BCUT2D eigenvalue weighted by molar-refractivity contribution is 5.81. The normalized spacial score (nSPS) is 26.5. The molecule has 0 unspecified atom stereocenters. The minimum absolute atomic E-state index is 0.0417. The van der Waals surface area contributed by atoms with Gasteiger partial charge in [-0.15, -0.1) is 10.2 Å². The van der Waals surface area contributed by atoms with Crippen LogP contribution in [-0.4, -0.2) is 50.7 Å². The number of amides is 1. The van der Waals surface area contributed by atoms with E-state index in [1.165, 1.54) is 25.1 Å². The molecule has 132 valence electrons. The third-order valence-electron chi connectivity index (χ3n) is 5.81. The Kier molecular flexibility index (Phi) is 4.57. The molecular formula is C18H29N5O. The quantitative estimate of drug-likeness (QED) is 0.914. The highest BCUT2D eigenvalue weighted by atomic mass is 16.2. The average Bonchev–Trinajstić information content (AvgIpc) is 3.37. The van der Waals surface area contributed by atoms with Crippen molar-refractivity contribution in [3.63, 3.8) is 0 Å². The minimum atomic E-state index is -0.0417. The van der Waals surface area contributed by atoms with E-state index in [1.54, 1.807) is 0 Å². The molecule has 2 fully saturated rings. The third-order valence-corrected chi connectivity index (χ3v) is 5.81. The summed E-state index contributed by atoms with van der Waals surface area (Å²) in [4.78, 5) is 14.7. The molecule has 6 nitrogen and oxygen atoms in total. The summed E-state index contributed by atoms with van der Waals surface area (Å²) in [6, 6.07) is 0.396. The average molecular weight is 331 g/mol. The molecule has 3 heterocycles. The molecular weight excluding hydrogens is 302 g/mol. The van der Waals surface area contributed by atoms with Gasteiger partial charge in [-0.1, -0.05) is 6.42 Å². The predicted molar refractivity (Wildman–Crippen MR) is 91.8 cm³/mol. The molecule has 4 rings (SSSR count). The summed E-state index contributed by atoms with van der Waals surface area (Å²) in [5.74, 6) is 2.93. The molecule has 1 aromatic rings. The molecule has 3 aliphatic rings. The van der Waals surface area contributed by atoms with Crippen LogP contribution in [0.4, 0.5) is 0 Å². The van der Waals surface area contributed by atoms with Gasteiger partial charge in [0, 0.05) is 31.5 Å². The Labute approximate surface area is 144 Å². The lowest BCUT2D eigenvalue weighted by Crippen LogP contribution is -2.49. The van der Waals surface area contributed by atoms with Crippen molar-refractivity contribution in [1.82, 2.24) is 25.0 Å². The summed E-state index contributed by atoms with van der Waals surface area (Å²) in [5, 5.41) is 12.2. The molecule has 0 spiro atoms. The van der Waals surface area contributed by atoms with Gasteiger partial charge in [-0.05, 0) is 52.0 Å². The Morgan fingerprint density at radius 2 is 2.00 bits per heavy atom. The van der Waals surface area contributed by atoms with Crippen LogP contribution < -0.4 is 5.32 Å². The van der Waals surface area contributed by atoms with E-state index < -0.39 is 0 Å². The van der Waals surface area contributed by atoms with Crippen molar-refractivity contribution in [3.05, 3.63) is 11.6 Å². The topological polar surface area (TPSA) is 63.1 Å². The summed E-state index contributed by atoms with van der Waals surface area (Å²) in [6.07, 6.45) is 9.39. The van der Waals surface area contributed by atoms with E-state index in [4.69, 9.17) is 0 Å². The molecule has 0 bridgehead atoms. The molecule has 1 saturated heterocycles. The van der Waals surface area contributed by atoms with Crippen LogP contribution in [0.15, 0.2) is 0 Å². The number of aryl methyl sites for hydroxylation is 1. The van der Waals surface area contributed by atoms with E-state index in [1.807, 2.05) is 6.92 Å². The summed E-state index contributed by atoms with van der Waals surface area (Å²) in [5.41, 5.74) is 0. The zero-order chi connectivity index (χ0) is 16.5. The number of hydrogen-bond acceptors (Lipinski definition) is 4. The van der Waals surface area contributed by atoms with Crippen molar-refractivity contribution in [3.8, 4) is 0 Å². The van der Waals surface area contributed by atoms with Crippen LogP contribution in [0.25, 0.3) is 0 Å². The molecule has 2 atom stereocenters. The number of fused-ring (bicyclic) bond motifs is 1. The summed E-state index contributed by atoms with van der Waals surface area (Å²) < 4.78 is 2.37. The maximum Gasteiger partial charge on any atom is 0.237 e. The predicted octanol–water partition coefficient (Wildman–Crippen LogP) is 1.85. The van der Waals surface area contributed by atoms with E-state index >= 15 is 0 Å². The van der Waals surface area contributed by atoms with Gasteiger partial charge in [-0.2, -0.15) is 0 Å². The van der Waals surface area contributed by atoms with Crippen molar-refractivity contribution >= 4 is 5.91 Å². The van der Waals surface area contributed by atoms with Gasteiger partial charge in [0.05, 0.1) is 6.04 Å². The number of nitrogens with one attached hydrogen (secondary N) is 1. The molecule has 6 heteroatoms. The molecule has 1 amide bonds. The Morgan fingerprint density at radius 3 is 2.83 bits per heavy atom. The fourth-order valence-electron chi connectivity index (χ4n) is 4.09. The molecule has 1 aromatic heterocycles. The van der Waals surface area contributed by atoms with Crippen LogP contribution in [0.2, 0.25) is 0 Å². The van der Waals surface area contributed by atoms with Crippen LogP contribution >= 0.6 is 0 Å². The van der Waals surface area contributed by atoms with E-state index in [2.05, 4.69) is 25.0 Å². The van der Waals surface area contributed by atoms with Gasteiger partial charge in [0.25, 0.3) is 0 Å². The fraction of sp³-hybridized carbons (Fsp3) is 0.833. The summed E-state index contributed by atoms with van der Waals surface area (Å²) in [6.45, 7) is 5.05. The number of aromatic nitrogens is 3. The van der Waals surface area contributed by atoms with Crippen LogP contribution in [-0.2, 0) is 17.8 Å². The molecule has 0 radical (unpaired) electrons. The fourth-order valence-corrected chi connectivity index (χ4v) is 4.09. The first-order chi connectivity index (χ1) is 11.7. The number of carbonyl (C=O) groups is 1. The second-order valence-electron chi connectivity index (χ2n) is 7.73. The van der Waals surface area contributed by atoms with Crippen LogP contribution in [0.3, 0.4) is 0 Å². The molecule has 24 heavy (non-hydrogen) atoms. The SMILES string of the molecule is C[C@@H](C(=O)NC1CC1)N1CCC[C@H](c2nnc3n2CCCCC3)C1. The molecule has 1 saturated carbocycles. The Morgan fingerprint density at radius 1 is 1.12 bits per heavy atom. The Hall–Kier alpha value is -1.43. The van der Waals surface area contributed by atoms with Crippen molar-refractivity contribution in [2.24, 2.45) is 0 Å². The lowest BCUT2D eigenvalue weighted by Gasteiger charge is -2.35. The monoisotopic (exact) mass is 331 g/mol. The van der Waals surface area contributed by atoms with Crippen LogP contribution in [0.1, 0.15) is 69.4 Å². The van der Waals surface area contributed by atoms with Gasteiger partial charge >= 0.3 is 0 Å². The lowest BCUT2D eigenvalue weighted by molar-refractivity contribution is -0.126. The second-order valence-corrected chi connectivity index (χ2v) is 7.73. The van der Waals surface area contributed by atoms with Gasteiger partial charge in [-0.3, -0.25) is 9.69 Å². The van der Waals surface area contributed by atoms with E-state index in [0.717, 1.165) is 57.6 Å². The van der Waals surface area contributed by atoms with Crippen molar-refractivity contribution < 1.29 is 4.79 Å². The van der Waals surface area contributed by atoms with Gasteiger partial charge in [0.15, 0.2) is 0 Å². The maximum absolute atomic E-state index is 12.4. The number of hydrogen-bond donors (Lipinski definition) is 1. The first-order valence-electron chi connectivity index (χ1n) is 9.69. The summed E-state index contributed by atoms with van der Waals surface area (Å²) >= 11 is 0. The number of rotatable bonds is 4. The number of nitrogens with zero attached hydrogens (tertiary/aromatic N) is 4. The lowest BCUT2D eigenvalue weighted by atomic mass is 9.95. The van der Waals surface area contributed by atoms with E-state index in [-0.39, 0.29) is 11.9 Å². The van der Waals surface area contributed by atoms with E-state index in [9.17, 15) is 4.79 Å². The zero-order valence-corrected chi connectivity index (χ0v) is 14.7. The Bertz CT molecular complexity index is 594. The summed E-state index contributed by atoms with van der Waals surface area (Å²) in [7, 11) is 0. The minimum Gasteiger partial charge on any atom is -0.352 e. The third kappa shape index (κ3) is 3.34. The smallest absolute Gasteiger partial charge is 0.237 e. The number of piperidine rings is 1. The van der Waals surface area contributed by atoms with Crippen molar-refractivity contribution in [2.45, 2.75) is 82.8 Å². The van der Waals surface area contributed by atoms with Gasteiger partial charge in [0.2, 0.25) is 5.91 Å². The molecule has 1 aliphatic carbocycles. The Balaban J connectivity index is 1.44. The molecule has 2 aliphatic heterocycles. The van der Waals surface area contributed by atoms with Gasteiger partial charge < -0.3 is 9.88 Å². The number of likely N-dealkylation sites (tertiary alicyclic amines) is 1.